The van der Waals surface area contributed by atoms with Crippen LogP contribution in [0.1, 0.15) is 46.5 Å². The van der Waals surface area contributed by atoms with Crippen LogP contribution in [0.3, 0.4) is 0 Å². The molecule has 90 valence electrons. The molecule has 2 rings (SSSR count). The molecule has 0 N–H and O–H groups in total. The highest BCUT2D eigenvalue weighted by Gasteiger charge is 2.45. The minimum atomic E-state index is -0.0967. The number of rotatable bonds is 1. The van der Waals surface area contributed by atoms with Crippen LogP contribution in [0.15, 0.2) is 0 Å². The molecule has 0 spiro atoms. The van der Waals surface area contributed by atoms with Crippen LogP contribution in [0.2, 0.25) is 0 Å². The maximum Gasteiger partial charge on any atom is -0.00349 e. The molecule has 2 heterocycles. The predicted molar refractivity (Wildman–Crippen MR) is 73.0 cm³/mol. The van der Waals surface area contributed by atoms with Gasteiger partial charge < -0.3 is 0 Å². The van der Waals surface area contributed by atoms with Gasteiger partial charge in [-0.25, -0.2) is 10.0 Å². The van der Waals surface area contributed by atoms with E-state index in [1.165, 1.54) is 19.3 Å². The van der Waals surface area contributed by atoms with Crippen molar-refractivity contribution in [1.29, 1.82) is 0 Å². The first-order valence-corrected chi connectivity index (χ1v) is 9.22. The van der Waals surface area contributed by atoms with Gasteiger partial charge in [-0.2, -0.15) is 0 Å². The molecule has 0 aromatic rings. The van der Waals surface area contributed by atoms with E-state index >= 15 is 0 Å². The van der Waals surface area contributed by atoms with Crippen molar-refractivity contribution in [2.45, 2.75) is 51.7 Å². The first-order chi connectivity index (χ1) is 7.05. The molecule has 0 radical (unpaired) electrons. The van der Waals surface area contributed by atoms with Crippen LogP contribution in [-0.2, 0) is 0 Å². The largest absolute Gasteiger partial charge is 0.239 e. The molecular weight excluding hydrogens is 200 g/mol. The minimum Gasteiger partial charge on any atom is -0.239 e. The lowest BCUT2D eigenvalue weighted by Gasteiger charge is -2.25. The molecule has 5 unspecified atom stereocenters. The van der Waals surface area contributed by atoms with Gasteiger partial charge in [-0.05, 0) is 60.0 Å². The first kappa shape index (κ1) is 11.8. The number of hydrogen-bond donors (Lipinski definition) is 0. The molecule has 0 bridgehead atoms. The average molecular weight is 228 g/mol. The summed E-state index contributed by atoms with van der Waals surface area (Å²) in [4.78, 5) is 0. The molecule has 2 fully saturated rings. The Balaban J connectivity index is 2.01. The van der Waals surface area contributed by atoms with Gasteiger partial charge in [0.25, 0.3) is 0 Å². The summed E-state index contributed by atoms with van der Waals surface area (Å²) in [7, 11) is -0.0967. The van der Waals surface area contributed by atoms with Crippen LogP contribution in [0.4, 0.5) is 0 Å². The molecule has 0 saturated carbocycles. The number of hydrogen-bond acceptors (Lipinski definition) is 0. The Hall–Kier alpha value is 0.350. The van der Waals surface area contributed by atoms with Crippen LogP contribution in [0, 0.1) is 17.8 Å². The fourth-order valence-corrected chi connectivity index (χ4v) is 7.30. The van der Waals surface area contributed by atoms with Crippen LogP contribution < -0.4 is 0 Å². The quantitative estimate of drug-likeness (QED) is 0.588. The van der Waals surface area contributed by atoms with E-state index in [4.69, 9.17) is 0 Å². The van der Waals surface area contributed by atoms with E-state index in [0.717, 1.165) is 23.0 Å². The van der Waals surface area contributed by atoms with Gasteiger partial charge in [0.15, 0.2) is 0 Å². The molecule has 0 aliphatic carbocycles. The molecule has 15 heavy (non-hydrogen) atoms. The summed E-state index contributed by atoms with van der Waals surface area (Å²) in [6.07, 6.45) is 8.60. The monoisotopic (exact) mass is 228 g/mol. The topological polar surface area (TPSA) is 0 Å². The van der Waals surface area contributed by atoms with Gasteiger partial charge in [-0.3, -0.25) is 0 Å². The Labute approximate surface area is 97.5 Å². The van der Waals surface area contributed by atoms with E-state index in [2.05, 4.69) is 27.0 Å². The third kappa shape index (κ3) is 2.54. The fourth-order valence-electron chi connectivity index (χ4n) is 3.49. The van der Waals surface area contributed by atoms with Crippen molar-refractivity contribution < 1.29 is 0 Å². The Morgan fingerprint density at radius 1 is 1.20 bits per heavy atom. The SMILES string of the molecule is CCC1CC(C)CC2CS2(C)CCC1C. The lowest BCUT2D eigenvalue weighted by atomic mass is 9.82. The van der Waals surface area contributed by atoms with Gasteiger partial charge in [-0.1, -0.05) is 27.2 Å². The van der Waals surface area contributed by atoms with Crippen molar-refractivity contribution in [3.63, 3.8) is 0 Å². The fraction of sp³-hybridized carbons (Fsp3) is 1.00. The maximum absolute atomic E-state index is 2.61. The van der Waals surface area contributed by atoms with Gasteiger partial charge in [-0.15, -0.1) is 0 Å². The molecular formula is C14H28S. The lowest BCUT2D eigenvalue weighted by molar-refractivity contribution is 0.274. The molecule has 0 aromatic heterocycles. The second-order valence-corrected chi connectivity index (χ2v) is 10.5. The van der Waals surface area contributed by atoms with E-state index in [1.807, 2.05) is 0 Å². The molecule has 0 amide bonds. The van der Waals surface area contributed by atoms with Crippen LogP contribution in [-0.4, -0.2) is 23.0 Å². The summed E-state index contributed by atoms with van der Waals surface area (Å²) in [5.41, 5.74) is 0. The summed E-state index contributed by atoms with van der Waals surface area (Å²) in [5.74, 6) is 6.19. The van der Waals surface area contributed by atoms with Crippen LogP contribution >= 0.6 is 10.0 Å². The normalized spacial score (nSPS) is 55.5. The van der Waals surface area contributed by atoms with Crippen molar-refractivity contribution in [3.05, 3.63) is 0 Å². The molecule has 1 heteroatoms. The van der Waals surface area contributed by atoms with Crippen LogP contribution in [0.5, 0.6) is 0 Å². The Bertz CT molecular complexity index is 225. The Morgan fingerprint density at radius 3 is 2.60 bits per heavy atom. The Morgan fingerprint density at radius 2 is 1.93 bits per heavy atom. The smallest absolute Gasteiger partial charge is 0.00349 e. The molecule has 2 aliphatic rings. The highest BCUT2D eigenvalue weighted by molar-refractivity contribution is 8.39. The zero-order valence-electron chi connectivity index (χ0n) is 11.0. The average Bonchev–Trinajstić information content (AvgIpc) is 2.81. The zero-order valence-corrected chi connectivity index (χ0v) is 11.8. The molecule has 2 saturated heterocycles. The highest BCUT2D eigenvalue weighted by Crippen LogP contribution is 2.68. The van der Waals surface area contributed by atoms with E-state index < -0.39 is 0 Å². The summed E-state index contributed by atoms with van der Waals surface area (Å²) in [6, 6.07) is 0. The van der Waals surface area contributed by atoms with Gasteiger partial charge in [0, 0.05) is 0 Å². The summed E-state index contributed by atoms with van der Waals surface area (Å²) in [6.45, 7) is 7.40. The van der Waals surface area contributed by atoms with E-state index in [1.54, 1.807) is 17.9 Å². The van der Waals surface area contributed by atoms with E-state index in [9.17, 15) is 0 Å². The maximum atomic E-state index is 2.61. The Kier molecular flexibility index (Phi) is 3.40. The van der Waals surface area contributed by atoms with Crippen molar-refractivity contribution in [2.24, 2.45) is 17.8 Å². The van der Waals surface area contributed by atoms with E-state index in [0.29, 0.717) is 0 Å². The lowest BCUT2D eigenvalue weighted by Crippen LogP contribution is -2.15. The highest BCUT2D eigenvalue weighted by atomic mass is 32.3. The molecule has 0 nitrogen and oxygen atoms in total. The minimum absolute atomic E-state index is 0.0967. The van der Waals surface area contributed by atoms with Crippen LogP contribution in [0.25, 0.3) is 0 Å². The summed E-state index contributed by atoms with van der Waals surface area (Å²) >= 11 is 0. The number of fused-ring (bicyclic) bond motifs is 1. The predicted octanol–water partition coefficient (Wildman–Crippen LogP) is 4.29. The standard InChI is InChI=1S/C14H28S/c1-5-13-8-11(2)9-14-10-15(14,4)7-6-12(13)3/h11-14H,5-10H2,1-4H3. The van der Waals surface area contributed by atoms with Gasteiger partial charge >= 0.3 is 0 Å². The first-order valence-electron chi connectivity index (χ1n) is 6.77. The molecule has 2 aliphatic heterocycles. The van der Waals surface area contributed by atoms with Crippen molar-refractivity contribution in [3.8, 4) is 0 Å². The van der Waals surface area contributed by atoms with Crippen molar-refractivity contribution in [1.82, 2.24) is 0 Å². The zero-order chi connectivity index (χ0) is 11.1. The van der Waals surface area contributed by atoms with Crippen molar-refractivity contribution >= 4 is 10.0 Å². The van der Waals surface area contributed by atoms with E-state index in [-0.39, 0.29) is 10.0 Å². The molecule has 0 aromatic carbocycles. The third-order valence-electron chi connectivity index (χ3n) is 4.99. The summed E-state index contributed by atoms with van der Waals surface area (Å²) < 4.78 is 0. The second-order valence-electron chi connectivity index (χ2n) is 6.35. The third-order valence-corrected chi connectivity index (χ3v) is 8.87. The molecule has 5 atom stereocenters. The van der Waals surface area contributed by atoms with Gasteiger partial charge in [0.2, 0.25) is 0 Å². The van der Waals surface area contributed by atoms with Gasteiger partial charge in [0.05, 0.1) is 0 Å². The van der Waals surface area contributed by atoms with Gasteiger partial charge in [0.1, 0.15) is 0 Å². The second kappa shape index (κ2) is 4.31. The van der Waals surface area contributed by atoms with Crippen molar-refractivity contribution in [2.75, 3.05) is 17.8 Å². The summed E-state index contributed by atoms with van der Waals surface area (Å²) in [5, 5.41) is 1.16.